The number of aromatic nitrogens is 2. The van der Waals surface area contributed by atoms with Gasteiger partial charge >= 0.3 is 6.18 Å². The summed E-state index contributed by atoms with van der Waals surface area (Å²) in [5, 5.41) is 4.21. The molecule has 0 aliphatic rings. The van der Waals surface area contributed by atoms with Crippen LogP contribution in [0.1, 0.15) is 32.2 Å². The van der Waals surface area contributed by atoms with E-state index in [9.17, 15) is 13.2 Å². The van der Waals surface area contributed by atoms with E-state index in [1.807, 2.05) is 20.8 Å². The maximum atomic E-state index is 12.4. The second-order valence-electron chi connectivity index (χ2n) is 5.25. The van der Waals surface area contributed by atoms with Crippen LogP contribution in [-0.2, 0) is 18.9 Å². The lowest BCUT2D eigenvalue weighted by atomic mass is 9.92. The van der Waals surface area contributed by atoms with Gasteiger partial charge in [0.15, 0.2) is 0 Å². The second-order valence-corrected chi connectivity index (χ2v) is 5.25. The molecule has 1 heterocycles. The van der Waals surface area contributed by atoms with E-state index < -0.39 is 12.2 Å². The van der Waals surface area contributed by atoms with Crippen LogP contribution in [0, 0.1) is 0 Å². The fourth-order valence-electron chi connectivity index (χ4n) is 1.40. The molecule has 0 radical (unpaired) electrons. The highest BCUT2D eigenvalue weighted by Crippen LogP contribution is 2.24. The van der Waals surface area contributed by atoms with Crippen molar-refractivity contribution in [2.45, 2.75) is 44.8 Å². The van der Waals surface area contributed by atoms with E-state index in [0.29, 0.717) is 5.69 Å². The number of hydrogen-bond donors (Lipinski definition) is 1. The Bertz CT molecular complexity index is 388. The van der Waals surface area contributed by atoms with Crippen molar-refractivity contribution in [3.63, 3.8) is 0 Å². The average Bonchev–Trinajstić information content (AvgIpc) is 2.45. The Kier molecular flexibility index (Phi) is 3.57. The zero-order valence-corrected chi connectivity index (χ0v) is 10.5. The Morgan fingerprint density at radius 2 is 1.88 bits per heavy atom. The lowest BCUT2D eigenvalue weighted by Crippen LogP contribution is -2.39. The summed E-state index contributed by atoms with van der Waals surface area (Å²) in [5.41, 5.74) is 6.19. The van der Waals surface area contributed by atoms with Crippen LogP contribution in [0.3, 0.4) is 0 Å². The van der Waals surface area contributed by atoms with E-state index >= 15 is 0 Å². The zero-order chi connectivity index (χ0) is 13.4. The van der Waals surface area contributed by atoms with Gasteiger partial charge in [0, 0.05) is 24.6 Å². The number of aryl methyl sites for hydroxylation is 1. The van der Waals surface area contributed by atoms with Gasteiger partial charge in [0.25, 0.3) is 0 Å². The van der Waals surface area contributed by atoms with Crippen molar-refractivity contribution >= 4 is 0 Å². The van der Waals surface area contributed by atoms with Crippen LogP contribution in [0.15, 0.2) is 6.07 Å². The van der Waals surface area contributed by atoms with Gasteiger partial charge in [0.1, 0.15) is 6.04 Å². The molecular formula is C11H18F3N3. The fourth-order valence-corrected chi connectivity index (χ4v) is 1.40. The normalized spacial score (nSPS) is 15.1. The molecule has 3 nitrogen and oxygen atoms in total. The van der Waals surface area contributed by atoms with E-state index in [4.69, 9.17) is 5.73 Å². The summed E-state index contributed by atoms with van der Waals surface area (Å²) >= 11 is 0. The first kappa shape index (κ1) is 14.0. The fraction of sp³-hybridized carbons (Fsp3) is 0.727. The monoisotopic (exact) mass is 249 g/mol. The number of nitrogens with zero attached hydrogens (tertiary/aromatic N) is 2. The Labute approximate surface area is 98.8 Å². The highest BCUT2D eigenvalue weighted by atomic mass is 19.4. The summed E-state index contributed by atoms with van der Waals surface area (Å²) in [6.07, 6.45) is -4.62. The predicted octanol–water partition coefficient (Wildman–Crippen LogP) is 2.15. The molecule has 1 rings (SSSR count). The van der Waals surface area contributed by atoms with Crippen molar-refractivity contribution in [3.05, 3.63) is 17.5 Å². The Hall–Kier alpha value is -1.04. The molecule has 2 N–H and O–H groups in total. The van der Waals surface area contributed by atoms with Crippen LogP contribution in [0.5, 0.6) is 0 Å². The lowest BCUT2D eigenvalue weighted by molar-refractivity contribution is -0.147. The van der Waals surface area contributed by atoms with Crippen LogP contribution in [0.4, 0.5) is 13.2 Å². The van der Waals surface area contributed by atoms with Crippen molar-refractivity contribution < 1.29 is 13.2 Å². The van der Waals surface area contributed by atoms with E-state index in [1.54, 1.807) is 13.1 Å². The molecule has 1 atom stereocenters. The molecule has 0 amide bonds. The van der Waals surface area contributed by atoms with Crippen LogP contribution >= 0.6 is 0 Å². The first-order chi connectivity index (χ1) is 7.51. The standard InChI is InChI=1S/C11H18F3N3/c1-10(2,3)9-6-7(17(4)16-9)5-8(15)11(12,13)14/h6,8H,5,15H2,1-4H3. The second kappa shape index (κ2) is 4.33. The van der Waals surface area contributed by atoms with E-state index in [0.717, 1.165) is 5.69 Å². The van der Waals surface area contributed by atoms with Crippen molar-refractivity contribution in [3.8, 4) is 0 Å². The van der Waals surface area contributed by atoms with Crippen LogP contribution in [-0.4, -0.2) is 22.0 Å². The summed E-state index contributed by atoms with van der Waals surface area (Å²) in [5.74, 6) is 0. The molecule has 0 fully saturated rings. The molecule has 0 aliphatic carbocycles. The number of halogens is 3. The van der Waals surface area contributed by atoms with E-state index in [-0.39, 0.29) is 11.8 Å². The quantitative estimate of drug-likeness (QED) is 0.872. The van der Waals surface area contributed by atoms with Gasteiger partial charge in [-0.15, -0.1) is 0 Å². The topological polar surface area (TPSA) is 43.8 Å². The van der Waals surface area contributed by atoms with Crippen LogP contribution < -0.4 is 5.73 Å². The van der Waals surface area contributed by atoms with Gasteiger partial charge < -0.3 is 5.73 Å². The van der Waals surface area contributed by atoms with Gasteiger partial charge in [0.05, 0.1) is 5.69 Å². The molecule has 0 aromatic carbocycles. The Morgan fingerprint density at radius 1 is 1.35 bits per heavy atom. The minimum Gasteiger partial charge on any atom is -0.320 e. The molecular weight excluding hydrogens is 231 g/mol. The summed E-state index contributed by atoms with van der Waals surface area (Å²) in [4.78, 5) is 0. The molecule has 17 heavy (non-hydrogen) atoms. The molecule has 0 saturated carbocycles. The number of alkyl halides is 3. The van der Waals surface area contributed by atoms with Crippen molar-refractivity contribution in [1.82, 2.24) is 9.78 Å². The molecule has 98 valence electrons. The largest absolute Gasteiger partial charge is 0.404 e. The predicted molar refractivity (Wildman–Crippen MR) is 59.6 cm³/mol. The summed E-state index contributed by atoms with van der Waals surface area (Å²) in [6, 6.07) is -0.156. The summed E-state index contributed by atoms with van der Waals surface area (Å²) in [7, 11) is 1.63. The highest BCUT2D eigenvalue weighted by molar-refractivity contribution is 5.18. The van der Waals surface area contributed by atoms with E-state index in [1.165, 1.54) is 4.68 Å². The lowest BCUT2D eigenvalue weighted by Gasteiger charge is -2.15. The SMILES string of the molecule is Cn1nc(C(C)(C)C)cc1CC(N)C(F)(F)F. The molecule has 1 aromatic heterocycles. The third-order valence-corrected chi connectivity index (χ3v) is 2.59. The van der Waals surface area contributed by atoms with Gasteiger partial charge in [-0.25, -0.2) is 0 Å². The average molecular weight is 249 g/mol. The van der Waals surface area contributed by atoms with Crippen molar-refractivity contribution in [2.24, 2.45) is 12.8 Å². The van der Waals surface area contributed by atoms with E-state index in [2.05, 4.69) is 5.10 Å². The van der Waals surface area contributed by atoms with Crippen molar-refractivity contribution in [2.75, 3.05) is 0 Å². The number of rotatable bonds is 2. The molecule has 6 heteroatoms. The number of hydrogen-bond acceptors (Lipinski definition) is 2. The molecule has 1 unspecified atom stereocenters. The van der Waals surface area contributed by atoms with Gasteiger partial charge in [-0.3, -0.25) is 4.68 Å². The third kappa shape index (κ3) is 3.46. The van der Waals surface area contributed by atoms with Gasteiger partial charge in [-0.2, -0.15) is 18.3 Å². The first-order valence-electron chi connectivity index (χ1n) is 5.37. The van der Waals surface area contributed by atoms with Crippen molar-refractivity contribution in [1.29, 1.82) is 0 Å². The molecule has 0 saturated heterocycles. The smallest absolute Gasteiger partial charge is 0.320 e. The Balaban J connectivity index is 2.90. The first-order valence-corrected chi connectivity index (χ1v) is 5.37. The minimum absolute atomic E-state index is 0.182. The third-order valence-electron chi connectivity index (χ3n) is 2.59. The zero-order valence-electron chi connectivity index (χ0n) is 10.5. The van der Waals surface area contributed by atoms with Crippen LogP contribution in [0.2, 0.25) is 0 Å². The maximum absolute atomic E-state index is 12.4. The molecule has 0 bridgehead atoms. The molecule has 0 aliphatic heterocycles. The summed E-state index contributed by atoms with van der Waals surface area (Å²) in [6.45, 7) is 5.88. The minimum atomic E-state index is -4.37. The maximum Gasteiger partial charge on any atom is 0.404 e. The number of nitrogens with two attached hydrogens (primary N) is 1. The highest BCUT2D eigenvalue weighted by Gasteiger charge is 2.37. The van der Waals surface area contributed by atoms with Gasteiger partial charge in [-0.1, -0.05) is 20.8 Å². The molecule has 1 aromatic rings. The summed E-state index contributed by atoms with van der Waals surface area (Å²) < 4.78 is 38.5. The molecule has 0 spiro atoms. The van der Waals surface area contributed by atoms with Crippen LogP contribution in [0.25, 0.3) is 0 Å². The van der Waals surface area contributed by atoms with Gasteiger partial charge in [-0.05, 0) is 6.07 Å². The Morgan fingerprint density at radius 3 is 2.24 bits per heavy atom. The van der Waals surface area contributed by atoms with Gasteiger partial charge in [0.2, 0.25) is 0 Å².